The highest BCUT2D eigenvalue weighted by Gasteiger charge is 2.35. The molecule has 1 aromatic rings. The van der Waals surface area contributed by atoms with Crippen LogP contribution in [0.5, 0.6) is 0 Å². The average Bonchev–Trinajstić information content (AvgIpc) is 2.73. The molecule has 2 amide bonds. The molecule has 92 valence electrons. The van der Waals surface area contributed by atoms with E-state index in [4.69, 9.17) is 4.42 Å². The van der Waals surface area contributed by atoms with Crippen molar-refractivity contribution >= 4 is 12.0 Å². The van der Waals surface area contributed by atoms with E-state index in [9.17, 15) is 9.59 Å². The van der Waals surface area contributed by atoms with Gasteiger partial charge in [0, 0.05) is 6.54 Å². The lowest BCUT2D eigenvalue weighted by Gasteiger charge is -2.20. The molecule has 1 aromatic heterocycles. The Kier molecular flexibility index (Phi) is 3.14. The summed E-state index contributed by atoms with van der Waals surface area (Å²) in [5.74, 6) is 0.219. The largest absolute Gasteiger partial charge is 0.467 e. The van der Waals surface area contributed by atoms with Gasteiger partial charge in [-0.3, -0.25) is 4.79 Å². The van der Waals surface area contributed by atoms with E-state index in [0.717, 1.165) is 10.5 Å². The summed E-state index contributed by atoms with van der Waals surface area (Å²) in [7, 11) is 2.90. The summed E-state index contributed by atoms with van der Waals surface area (Å²) in [5.41, 5.74) is 0.934. The lowest BCUT2D eigenvalue weighted by Crippen LogP contribution is -2.42. The molecule has 0 saturated carbocycles. The van der Waals surface area contributed by atoms with Gasteiger partial charge in [0.2, 0.25) is 0 Å². The molecule has 6 nitrogen and oxygen atoms in total. The number of amides is 2. The monoisotopic (exact) mass is 238 g/mol. The van der Waals surface area contributed by atoms with E-state index in [2.05, 4.69) is 10.1 Å². The molecule has 0 fully saturated rings. The van der Waals surface area contributed by atoms with E-state index in [-0.39, 0.29) is 5.91 Å². The number of imide groups is 1. The molecule has 1 N–H and O–H groups in total. The van der Waals surface area contributed by atoms with Gasteiger partial charge >= 0.3 is 6.09 Å². The van der Waals surface area contributed by atoms with Crippen LogP contribution in [0.25, 0.3) is 0 Å². The number of furan rings is 1. The maximum absolute atomic E-state index is 12.1. The van der Waals surface area contributed by atoms with Crippen LogP contribution in [0.2, 0.25) is 0 Å². The van der Waals surface area contributed by atoms with E-state index in [1.807, 2.05) is 6.07 Å². The van der Waals surface area contributed by atoms with Crippen molar-refractivity contribution in [1.29, 1.82) is 0 Å². The van der Waals surface area contributed by atoms with Crippen LogP contribution in [-0.4, -0.2) is 37.6 Å². The molecule has 0 aliphatic carbocycles. The van der Waals surface area contributed by atoms with Crippen molar-refractivity contribution in [3.63, 3.8) is 0 Å². The SMILES string of the molecule is CNC1C(=O)N(C(=O)OC)CCc2ccoc21. The summed E-state index contributed by atoms with van der Waals surface area (Å²) in [6, 6.07) is 1.18. The van der Waals surface area contributed by atoms with Crippen molar-refractivity contribution in [2.75, 3.05) is 20.7 Å². The number of hydrogen-bond acceptors (Lipinski definition) is 5. The fraction of sp³-hybridized carbons (Fsp3) is 0.455. The third-order valence-electron chi connectivity index (χ3n) is 2.84. The van der Waals surface area contributed by atoms with Gasteiger partial charge in [-0.15, -0.1) is 0 Å². The second-order valence-electron chi connectivity index (χ2n) is 3.74. The van der Waals surface area contributed by atoms with Crippen molar-refractivity contribution in [1.82, 2.24) is 10.2 Å². The third kappa shape index (κ3) is 1.91. The molecule has 0 radical (unpaired) electrons. The van der Waals surface area contributed by atoms with Crippen molar-refractivity contribution in [3.8, 4) is 0 Å². The summed E-state index contributed by atoms with van der Waals surface area (Å²) in [6.07, 6.45) is 1.49. The second-order valence-corrected chi connectivity index (χ2v) is 3.74. The number of nitrogens with one attached hydrogen (secondary N) is 1. The van der Waals surface area contributed by atoms with Crippen molar-refractivity contribution < 1.29 is 18.7 Å². The van der Waals surface area contributed by atoms with E-state index in [1.165, 1.54) is 7.11 Å². The Morgan fingerprint density at radius 2 is 2.41 bits per heavy atom. The van der Waals surface area contributed by atoms with E-state index in [0.29, 0.717) is 18.7 Å². The molecule has 0 spiro atoms. The van der Waals surface area contributed by atoms with Crippen LogP contribution in [0.15, 0.2) is 16.7 Å². The number of nitrogens with zero attached hydrogens (tertiary/aromatic N) is 1. The van der Waals surface area contributed by atoms with Crippen LogP contribution in [0.4, 0.5) is 4.79 Å². The minimum absolute atomic E-state index is 0.302. The zero-order valence-electron chi connectivity index (χ0n) is 9.73. The maximum atomic E-state index is 12.1. The predicted octanol–water partition coefficient (Wildman–Crippen LogP) is 0.691. The number of rotatable bonds is 1. The molecule has 0 saturated heterocycles. The molecule has 2 rings (SSSR count). The quantitative estimate of drug-likeness (QED) is 0.779. The van der Waals surface area contributed by atoms with Gasteiger partial charge in [0.05, 0.1) is 13.4 Å². The minimum atomic E-state index is -0.639. The second kappa shape index (κ2) is 4.58. The highest BCUT2D eigenvalue weighted by Crippen LogP contribution is 2.25. The normalized spacial score (nSPS) is 19.8. The van der Waals surface area contributed by atoms with Gasteiger partial charge < -0.3 is 14.5 Å². The Morgan fingerprint density at radius 1 is 1.65 bits per heavy atom. The lowest BCUT2D eigenvalue weighted by molar-refractivity contribution is -0.131. The number of fused-ring (bicyclic) bond motifs is 1. The summed E-state index contributed by atoms with van der Waals surface area (Å²) in [5, 5.41) is 2.85. The highest BCUT2D eigenvalue weighted by molar-refractivity contribution is 5.95. The smallest absolute Gasteiger partial charge is 0.416 e. The highest BCUT2D eigenvalue weighted by atomic mass is 16.5. The van der Waals surface area contributed by atoms with E-state index in [1.54, 1.807) is 13.3 Å². The molecule has 6 heteroatoms. The molecular formula is C11H14N2O4. The van der Waals surface area contributed by atoms with Crippen LogP contribution in [-0.2, 0) is 16.0 Å². The van der Waals surface area contributed by atoms with Crippen LogP contribution in [0.3, 0.4) is 0 Å². The number of carbonyl (C=O) groups excluding carboxylic acids is 2. The molecule has 1 aliphatic rings. The number of methoxy groups -OCH3 is 1. The Morgan fingerprint density at radius 3 is 3.06 bits per heavy atom. The zero-order valence-corrected chi connectivity index (χ0v) is 9.73. The Bertz CT molecular complexity index is 440. The number of ether oxygens (including phenoxy) is 1. The van der Waals surface area contributed by atoms with E-state index < -0.39 is 12.1 Å². The Labute approximate surface area is 98.5 Å². The first-order valence-electron chi connectivity index (χ1n) is 5.32. The molecule has 1 atom stereocenters. The third-order valence-corrected chi connectivity index (χ3v) is 2.84. The zero-order chi connectivity index (χ0) is 12.4. The van der Waals surface area contributed by atoms with Gasteiger partial charge in [0.25, 0.3) is 5.91 Å². The summed E-state index contributed by atoms with van der Waals surface area (Å²) >= 11 is 0. The molecular weight excluding hydrogens is 224 g/mol. The van der Waals surface area contributed by atoms with E-state index >= 15 is 0 Å². The average molecular weight is 238 g/mol. The summed E-state index contributed by atoms with van der Waals surface area (Å²) in [6.45, 7) is 0.302. The minimum Gasteiger partial charge on any atom is -0.467 e. The maximum Gasteiger partial charge on any atom is 0.416 e. The van der Waals surface area contributed by atoms with Gasteiger partial charge in [-0.1, -0.05) is 0 Å². The topological polar surface area (TPSA) is 71.8 Å². The fourth-order valence-corrected chi connectivity index (χ4v) is 1.96. The molecule has 17 heavy (non-hydrogen) atoms. The Hall–Kier alpha value is -1.82. The number of carbonyl (C=O) groups is 2. The number of hydrogen-bond donors (Lipinski definition) is 1. The van der Waals surface area contributed by atoms with Gasteiger partial charge in [-0.05, 0) is 25.1 Å². The van der Waals surface area contributed by atoms with Crippen molar-refractivity contribution in [2.45, 2.75) is 12.5 Å². The molecule has 2 heterocycles. The van der Waals surface area contributed by atoms with Crippen LogP contribution in [0, 0.1) is 0 Å². The first-order chi connectivity index (χ1) is 8.19. The van der Waals surface area contributed by atoms with Crippen LogP contribution < -0.4 is 5.32 Å². The van der Waals surface area contributed by atoms with Crippen LogP contribution >= 0.6 is 0 Å². The van der Waals surface area contributed by atoms with Gasteiger partial charge in [-0.25, -0.2) is 9.69 Å². The lowest BCUT2D eigenvalue weighted by atomic mass is 10.1. The molecule has 0 bridgehead atoms. The summed E-state index contributed by atoms with van der Waals surface area (Å²) < 4.78 is 9.90. The summed E-state index contributed by atoms with van der Waals surface area (Å²) in [4.78, 5) is 24.7. The molecule has 1 aliphatic heterocycles. The van der Waals surface area contributed by atoms with Crippen molar-refractivity contribution in [3.05, 3.63) is 23.7 Å². The number of likely N-dealkylation sites (N-methyl/N-ethyl adjacent to an activating group) is 1. The van der Waals surface area contributed by atoms with Gasteiger partial charge in [-0.2, -0.15) is 0 Å². The van der Waals surface area contributed by atoms with Crippen molar-refractivity contribution in [2.24, 2.45) is 0 Å². The molecule has 0 aromatic carbocycles. The first kappa shape index (κ1) is 11.7. The van der Waals surface area contributed by atoms with Crippen LogP contribution in [0.1, 0.15) is 17.4 Å². The standard InChI is InChI=1S/C11H14N2O4/c1-12-8-9-7(4-6-17-9)3-5-13(10(8)14)11(15)16-2/h4,6,8,12H,3,5H2,1-2H3. The predicted molar refractivity (Wildman–Crippen MR) is 58.3 cm³/mol. The Balaban J connectivity index is 2.34. The first-order valence-corrected chi connectivity index (χ1v) is 5.32. The fourth-order valence-electron chi connectivity index (χ4n) is 1.96. The van der Waals surface area contributed by atoms with Gasteiger partial charge in [0.15, 0.2) is 0 Å². The van der Waals surface area contributed by atoms with Gasteiger partial charge in [0.1, 0.15) is 11.8 Å². The molecule has 1 unspecified atom stereocenters.